The third-order valence-corrected chi connectivity index (χ3v) is 4.27. The van der Waals surface area contributed by atoms with Gasteiger partial charge >= 0.3 is 0 Å². The predicted octanol–water partition coefficient (Wildman–Crippen LogP) is 3.78. The minimum atomic E-state index is -0.441. The smallest absolute Gasteiger partial charge is 0.231 e. The summed E-state index contributed by atoms with van der Waals surface area (Å²) >= 11 is 0. The lowest BCUT2D eigenvalue weighted by Crippen LogP contribution is -2.02. The van der Waals surface area contributed by atoms with Crippen LogP contribution in [0.5, 0.6) is 28.7 Å². The molecule has 1 aromatic heterocycles. The van der Waals surface area contributed by atoms with Gasteiger partial charge in [0.1, 0.15) is 11.3 Å². The Bertz CT molecular complexity index is 1060. The van der Waals surface area contributed by atoms with Crippen LogP contribution in [-0.2, 0) is 0 Å². The Balaban J connectivity index is 1.75. The number of phenols is 1. The molecule has 2 heterocycles. The fourth-order valence-electron chi connectivity index (χ4n) is 3.03. The molecule has 7 heteroatoms. The first kappa shape index (κ1) is 16.8. The van der Waals surface area contributed by atoms with E-state index >= 15 is 0 Å². The van der Waals surface area contributed by atoms with Gasteiger partial charge < -0.3 is 28.5 Å². The molecule has 27 heavy (non-hydrogen) atoms. The van der Waals surface area contributed by atoms with Crippen LogP contribution in [0.2, 0.25) is 0 Å². The number of hydrogen-bond donors (Lipinski definition) is 1. The van der Waals surface area contributed by atoms with E-state index in [1.165, 1.54) is 26.6 Å². The molecule has 0 aliphatic carbocycles. The van der Waals surface area contributed by atoms with Gasteiger partial charge in [-0.25, -0.2) is 0 Å². The normalized spacial score (nSPS) is 12.7. The molecule has 0 spiro atoms. The Hall–Kier alpha value is -3.61. The lowest BCUT2D eigenvalue weighted by atomic mass is 10.0. The van der Waals surface area contributed by atoms with Crippen LogP contribution in [0.4, 0.5) is 0 Å². The van der Waals surface area contributed by atoms with Crippen molar-refractivity contribution in [2.75, 3.05) is 21.0 Å². The summed E-state index contributed by atoms with van der Waals surface area (Å²) in [5.41, 5.74) is 1.06. The van der Waals surface area contributed by atoms with Crippen LogP contribution < -0.4 is 18.9 Å². The molecule has 138 valence electrons. The molecule has 1 aliphatic heterocycles. The topological polar surface area (TPSA) is 87.4 Å². The van der Waals surface area contributed by atoms with Gasteiger partial charge in [0.05, 0.1) is 25.9 Å². The lowest BCUT2D eigenvalue weighted by Gasteiger charge is -2.13. The van der Waals surface area contributed by atoms with E-state index in [-0.39, 0.29) is 29.6 Å². The van der Waals surface area contributed by atoms with E-state index in [9.17, 15) is 9.90 Å². The maximum absolute atomic E-state index is 12.8. The highest BCUT2D eigenvalue weighted by atomic mass is 16.7. The molecule has 0 saturated carbocycles. The van der Waals surface area contributed by atoms with Gasteiger partial charge in [0.25, 0.3) is 0 Å². The van der Waals surface area contributed by atoms with Crippen molar-refractivity contribution in [1.82, 2.24) is 0 Å². The zero-order valence-electron chi connectivity index (χ0n) is 14.6. The van der Waals surface area contributed by atoms with Crippen molar-refractivity contribution >= 4 is 22.8 Å². The van der Waals surface area contributed by atoms with Gasteiger partial charge in [0.2, 0.25) is 12.5 Å². The molecule has 0 radical (unpaired) electrons. The number of ketones is 1. The molecule has 1 N–H and O–H groups in total. The van der Waals surface area contributed by atoms with Crippen molar-refractivity contribution in [2.24, 2.45) is 0 Å². The molecule has 0 bridgehead atoms. The molecule has 0 atom stereocenters. The first-order chi connectivity index (χ1) is 13.1. The molecule has 4 rings (SSSR count). The Labute approximate surface area is 154 Å². The summed E-state index contributed by atoms with van der Waals surface area (Å²) in [6.45, 7) is 0.178. The highest BCUT2D eigenvalue weighted by molar-refractivity contribution is 6.15. The number of ether oxygens (including phenoxy) is 4. The number of allylic oxidation sites excluding steroid dienone is 1. The molecule has 0 fully saturated rings. The van der Waals surface area contributed by atoms with E-state index < -0.39 is 5.78 Å². The van der Waals surface area contributed by atoms with Crippen molar-refractivity contribution < 1.29 is 33.3 Å². The summed E-state index contributed by atoms with van der Waals surface area (Å²) in [6.07, 6.45) is 4.40. The van der Waals surface area contributed by atoms with Crippen LogP contribution in [0.1, 0.15) is 15.9 Å². The average Bonchev–Trinajstić information content (AvgIpc) is 3.33. The molecule has 7 nitrogen and oxygen atoms in total. The Morgan fingerprint density at radius 2 is 1.89 bits per heavy atom. The van der Waals surface area contributed by atoms with Gasteiger partial charge in [-0.05, 0) is 29.8 Å². The number of fused-ring (bicyclic) bond motifs is 2. The first-order valence-corrected chi connectivity index (χ1v) is 8.10. The monoisotopic (exact) mass is 368 g/mol. The molecule has 2 aromatic carbocycles. The number of furan rings is 1. The van der Waals surface area contributed by atoms with E-state index in [4.69, 9.17) is 23.4 Å². The van der Waals surface area contributed by atoms with Gasteiger partial charge in [-0.1, -0.05) is 12.1 Å². The Kier molecular flexibility index (Phi) is 4.12. The fourth-order valence-corrected chi connectivity index (χ4v) is 3.03. The number of hydrogen-bond acceptors (Lipinski definition) is 7. The zero-order valence-corrected chi connectivity index (χ0v) is 14.6. The largest absolute Gasteiger partial charge is 0.504 e. The highest BCUT2D eigenvalue weighted by Crippen LogP contribution is 2.46. The van der Waals surface area contributed by atoms with E-state index in [2.05, 4.69) is 0 Å². The van der Waals surface area contributed by atoms with E-state index in [0.29, 0.717) is 22.5 Å². The number of carbonyl (C=O) groups excluding carboxylic acids is 1. The predicted molar refractivity (Wildman–Crippen MR) is 96.9 cm³/mol. The summed E-state index contributed by atoms with van der Waals surface area (Å²) in [4.78, 5) is 12.8. The third kappa shape index (κ3) is 2.73. The second-order valence-electron chi connectivity index (χ2n) is 5.76. The van der Waals surface area contributed by atoms with Crippen molar-refractivity contribution in [3.8, 4) is 28.7 Å². The lowest BCUT2D eigenvalue weighted by molar-refractivity contribution is 0.104. The second kappa shape index (κ2) is 6.60. The van der Waals surface area contributed by atoms with Gasteiger partial charge in [0.15, 0.2) is 28.6 Å². The summed E-state index contributed by atoms with van der Waals surface area (Å²) in [5, 5.41) is 11.1. The number of aromatic hydroxyl groups is 1. The Morgan fingerprint density at radius 3 is 2.67 bits per heavy atom. The quantitative estimate of drug-likeness (QED) is 0.542. The zero-order chi connectivity index (χ0) is 19.0. The van der Waals surface area contributed by atoms with Crippen LogP contribution in [0.15, 0.2) is 41.0 Å². The first-order valence-electron chi connectivity index (χ1n) is 8.10. The minimum Gasteiger partial charge on any atom is -0.504 e. The van der Waals surface area contributed by atoms with Gasteiger partial charge in [-0.3, -0.25) is 4.79 Å². The van der Waals surface area contributed by atoms with Crippen molar-refractivity contribution in [2.45, 2.75) is 0 Å². The number of benzene rings is 2. The van der Waals surface area contributed by atoms with Crippen molar-refractivity contribution in [3.63, 3.8) is 0 Å². The van der Waals surface area contributed by atoms with Gasteiger partial charge in [0, 0.05) is 0 Å². The van der Waals surface area contributed by atoms with Crippen LogP contribution in [-0.4, -0.2) is 31.9 Å². The number of rotatable bonds is 5. The average molecular weight is 368 g/mol. The summed E-state index contributed by atoms with van der Waals surface area (Å²) in [7, 11) is 2.81. The maximum Gasteiger partial charge on any atom is 0.231 e. The van der Waals surface area contributed by atoms with E-state index in [0.717, 1.165) is 5.56 Å². The summed E-state index contributed by atoms with van der Waals surface area (Å²) in [6, 6.07) is 6.98. The maximum atomic E-state index is 12.8. The number of methoxy groups -OCH3 is 2. The number of phenolic OH excluding ortho intramolecular Hbond substituents is 1. The SMILES string of the molecule is COc1c(C(=O)/C=C/c2ccc3c(c2)OCO3)c(O)c(OC)c2occc12. The van der Waals surface area contributed by atoms with E-state index in [1.807, 2.05) is 0 Å². The summed E-state index contributed by atoms with van der Waals surface area (Å²) in [5.74, 6) is 0.799. The van der Waals surface area contributed by atoms with Crippen LogP contribution in [0.25, 0.3) is 17.0 Å². The highest BCUT2D eigenvalue weighted by Gasteiger charge is 2.26. The van der Waals surface area contributed by atoms with Crippen LogP contribution in [0.3, 0.4) is 0 Å². The standard InChI is InChI=1S/C20H16O7/c1-23-18-12-7-8-25-19(12)20(24-2)17(22)16(18)13(21)5-3-11-4-6-14-15(9-11)27-10-26-14/h3-9,22H,10H2,1-2H3/b5-3+. The summed E-state index contributed by atoms with van der Waals surface area (Å²) < 4.78 is 26.5. The van der Waals surface area contributed by atoms with Gasteiger partial charge in [-0.15, -0.1) is 0 Å². The molecular weight excluding hydrogens is 352 g/mol. The molecule has 0 saturated heterocycles. The minimum absolute atomic E-state index is 0.000225. The van der Waals surface area contributed by atoms with Crippen molar-refractivity contribution in [3.05, 3.63) is 47.7 Å². The van der Waals surface area contributed by atoms with Crippen molar-refractivity contribution in [1.29, 1.82) is 0 Å². The number of carbonyl (C=O) groups is 1. The van der Waals surface area contributed by atoms with Crippen LogP contribution in [0, 0.1) is 0 Å². The fraction of sp³-hybridized carbons (Fsp3) is 0.150. The molecule has 0 unspecified atom stereocenters. The van der Waals surface area contributed by atoms with Gasteiger partial charge in [-0.2, -0.15) is 0 Å². The van der Waals surface area contributed by atoms with Crippen LogP contribution >= 0.6 is 0 Å². The molecule has 0 amide bonds. The molecule has 3 aromatic rings. The third-order valence-electron chi connectivity index (χ3n) is 4.27. The van der Waals surface area contributed by atoms with E-state index in [1.54, 1.807) is 30.3 Å². The second-order valence-corrected chi connectivity index (χ2v) is 5.76. The molecule has 1 aliphatic rings. The Morgan fingerprint density at radius 1 is 1.11 bits per heavy atom. The molecular formula is C20H16O7.